The first-order chi connectivity index (χ1) is 12.5. The fourth-order valence-corrected chi connectivity index (χ4v) is 3.41. The Kier molecular flexibility index (Phi) is 5.14. The number of aryl methyl sites for hydroxylation is 1. The molecule has 0 aliphatic heterocycles. The van der Waals surface area contributed by atoms with E-state index in [1.54, 1.807) is 19.1 Å². The maximum Gasteiger partial charge on any atom is 0.338 e. The summed E-state index contributed by atoms with van der Waals surface area (Å²) in [6, 6.07) is 18.8. The smallest absolute Gasteiger partial charge is 0.338 e. The highest BCUT2D eigenvalue weighted by atomic mass is 32.1. The predicted octanol–water partition coefficient (Wildman–Crippen LogP) is 5.44. The fraction of sp³-hybridized carbons (Fsp3) is 0.0909. The van der Waals surface area contributed by atoms with Crippen LogP contribution < -0.4 is 4.74 Å². The molecule has 0 unspecified atom stereocenters. The van der Waals surface area contributed by atoms with Crippen molar-refractivity contribution in [3.05, 3.63) is 88.8 Å². The molecular formula is C22H18O3S. The largest absolute Gasteiger partial charge is 0.422 e. The topological polar surface area (TPSA) is 43.4 Å². The predicted molar refractivity (Wildman–Crippen MR) is 105 cm³/mol. The second kappa shape index (κ2) is 7.50. The fourth-order valence-electron chi connectivity index (χ4n) is 2.45. The summed E-state index contributed by atoms with van der Waals surface area (Å²) in [7, 11) is 0. The molecule has 26 heavy (non-hydrogen) atoms. The van der Waals surface area contributed by atoms with Crippen LogP contribution in [-0.2, 0) is 4.79 Å². The first-order valence-corrected chi connectivity index (χ1v) is 8.95. The Balaban J connectivity index is 1.95. The van der Waals surface area contributed by atoms with Gasteiger partial charge >= 0.3 is 5.97 Å². The van der Waals surface area contributed by atoms with Gasteiger partial charge in [0.15, 0.2) is 0 Å². The van der Waals surface area contributed by atoms with Crippen molar-refractivity contribution in [3.63, 3.8) is 0 Å². The molecule has 0 saturated heterocycles. The number of benzene rings is 2. The maximum absolute atomic E-state index is 13.0. The van der Waals surface area contributed by atoms with Gasteiger partial charge in [0.2, 0.25) is 5.78 Å². The molecule has 1 heterocycles. The molecule has 0 radical (unpaired) electrons. The molecule has 0 aliphatic carbocycles. The van der Waals surface area contributed by atoms with Crippen LogP contribution in [0.15, 0.2) is 72.8 Å². The third-order valence-electron chi connectivity index (χ3n) is 3.82. The monoisotopic (exact) mass is 362 g/mol. The van der Waals surface area contributed by atoms with Crippen LogP contribution in [-0.4, -0.2) is 11.8 Å². The Morgan fingerprint density at radius 3 is 2.42 bits per heavy atom. The van der Waals surface area contributed by atoms with Gasteiger partial charge in [0, 0.05) is 10.5 Å². The molecule has 0 N–H and O–H groups in total. The molecule has 130 valence electrons. The third-order valence-corrected chi connectivity index (χ3v) is 4.95. The van der Waals surface area contributed by atoms with E-state index in [4.69, 9.17) is 4.74 Å². The van der Waals surface area contributed by atoms with E-state index in [-0.39, 0.29) is 17.1 Å². The Hall–Kier alpha value is -2.98. The van der Waals surface area contributed by atoms with Crippen molar-refractivity contribution in [2.24, 2.45) is 0 Å². The van der Waals surface area contributed by atoms with Gasteiger partial charge in [0.1, 0.15) is 5.75 Å². The van der Waals surface area contributed by atoms with Crippen molar-refractivity contribution in [1.29, 1.82) is 0 Å². The molecule has 1 aromatic heterocycles. The summed E-state index contributed by atoms with van der Waals surface area (Å²) in [6.45, 7) is 7.05. The molecule has 3 rings (SSSR count). The minimum Gasteiger partial charge on any atom is -0.422 e. The average molecular weight is 362 g/mol. The maximum atomic E-state index is 13.0. The van der Waals surface area contributed by atoms with Gasteiger partial charge in [-0.2, -0.15) is 0 Å². The Morgan fingerprint density at radius 1 is 1.00 bits per heavy atom. The number of ether oxygens (including phenoxy) is 1. The van der Waals surface area contributed by atoms with Gasteiger partial charge in [-0.15, -0.1) is 11.3 Å². The second-order valence-corrected chi connectivity index (χ2v) is 7.11. The summed E-state index contributed by atoms with van der Waals surface area (Å²) in [6.07, 6.45) is 0. The number of ketones is 1. The zero-order valence-electron chi connectivity index (χ0n) is 14.6. The molecule has 4 heteroatoms. The van der Waals surface area contributed by atoms with Crippen molar-refractivity contribution in [3.8, 4) is 16.2 Å². The summed E-state index contributed by atoms with van der Waals surface area (Å²) in [5, 5.41) is 0. The van der Waals surface area contributed by atoms with Crippen LogP contribution in [0.3, 0.4) is 0 Å². The summed E-state index contributed by atoms with van der Waals surface area (Å²) in [4.78, 5) is 26.5. The minimum atomic E-state index is -0.543. The normalized spacial score (nSPS) is 10.4. The SMILES string of the molecule is C=C(C)C(=O)Oc1ccc(C)cc1C(=O)c1ccc(-c2ccccc2)s1. The molecule has 3 nitrogen and oxygen atoms in total. The Labute approximate surface area is 156 Å². The lowest BCUT2D eigenvalue weighted by Gasteiger charge is -2.09. The molecule has 0 spiro atoms. The van der Waals surface area contributed by atoms with Crippen LogP contribution in [0.4, 0.5) is 0 Å². The molecular weight excluding hydrogens is 344 g/mol. The summed E-state index contributed by atoms with van der Waals surface area (Å²) >= 11 is 1.42. The van der Waals surface area contributed by atoms with Crippen molar-refractivity contribution < 1.29 is 14.3 Å². The molecule has 3 aromatic rings. The van der Waals surface area contributed by atoms with E-state index in [9.17, 15) is 9.59 Å². The first kappa shape index (κ1) is 17.8. The number of rotatable bonds is 5. The quantitative estimate of drug-likeness (QED) is 0.263. The van der Waals surface area contributed by atoms with Gasteiger partial charge in [-0.3, -0.25) is 4.79 Å². The van der Waals surface area contributed by atoms with E-state index in [1.165, 1.54) is 11.3 Å². The average Bonchev–Trinajstić information content (AvgIpc) is 3.13. The van der Waals surface area contributed by atoms with E-state index in [0.29, 0.717) is 10.4 Å². The lowest BCUT2D eigenvalue weighted by molar-refractivity contribution is -0.130. The highest BCUT2D eigenvalue weighted by Gasteiger charge is 2.19. The number of hydrogen-bond donors (Lipinski definition) is 0. The first-order valence-electron chi connectivity index (χ1n) is 8.14. The van der Waals surface area contributed by atoms with E-state index >= 15 is 0 Å². The Bertz CT molecular complexity index is 984. The van der Waals surface area contributed by atoms with Crippen molar-refractivity contribution in [2.75, 3.05) is 0 Å². The molecule has 0 aliphatic rings. The van der Waals surface area contributed by atoms with E-state index in [0.717, 1.165) is 16.0 Å². The van der Waals surface area contributed by atoms with Crippen molar-refractivity contribution in [1.82, 2.24) is 0 Å². The van der Waals surface area contributed by atoms with Gasteiger partial charge in [-0.1, -0.05) is 48.5 Å². The van der Waals surface area contributed by atoms with Gasteiger partial charge in [-0.25, -0.2) is 4.79 Å². The Morgan fingerprint density at radius 2 is 1.73 bits per heavy atom. The van der Waals surface area contributed by atoms with Crippen LogP contribution in [0.5, 0.6) is 5.75 Å². The van der Waals surface area contributed by atoms with Gasteiger partial charge in [0.25, 0.3) is 0 Å². The second-order valence-electron chi connectivity index (χ2n) is 6.03. The summed E-state index contributed by atoms with van der Waals surface area (Å²) < 4.78 is 5.34. The zero-order chi connectivity index (χ0) is 18.7. The van der Waals surface area contributed by atoms with Gasteiger partial charge in [0.05, 0.1) is 10.4 Å². The van der Waals surface area contributed by atoms with E-state index < -0.39 is 5.97 Å². The highest BCUT2D eigenvalue weighted by molar-refractivity contribution is 7.17. The van der Waals surface area contributed by atoms with Crippen LogP contribution in [0.25, 0.3) is 10.4 Å². The molecule has 2 aromatic carbocycles. The van der Waals surface area contributed by atoms with Crippen LogP contribution in [0, 0.1) is 6.92 Å². The minimum absolute atomic E-state index is 0.162. The zero-order valence-corrected chi connectivity index (χ0v) is 15.4. The molecule has 0 amide bonds. The third kappa shape index (κ3) is 3.81. The lowest BCUT2D eigenvalue weighted by Crippen LogP contribution is -2.12. The van der Waals surface area contributed by atoms with Crippen LogP contribution in [0.2, 0.25) is 0 Å². The van der Waals surface area contributed by atoms with Gasteiger partial charge < -0.3 is 4.74 Å². The van der Waals surface area contributed by atoms with Gasteiger partial charge in [-0.05, 0) is 43.7 Å². The van der Waals surface area contributed by atoms with Crippen molar-refractivity contribution in [2.45, 2.75) is 13.8 Å². The summed E-state index contributed by atoms with van der Waals surface area (Å²) in [5.41, 5.74) is 2.64. The molecule has 0 bridgehead atoms. The van der Waals surface area contributed by atoms with Crippen LogP contribution >= 0.6 is 11.3 Å². The number of esters is 1. The molecule has 0 fully saturated rings. The molecule has 0 atom stereocenters. The highest BCUT2D eigenvalue weighted by Crippen LogP contribution is 2.31. The van der Waals surface area contributed by atoms with E-state index in [1.807, 2.05) is 55.5 Å². The summed E-state index contributed by atoms with van der Waals surface area (Å²) in [5.74, 6) is -0.451. The molecule has 0 saturated carbocycles. The number of carbonyl (C=O) groups is 2. The van der Waals surface area contributed by atoms with E-state index in [2.05, 4.69) is 6.58 Å². The number of carbonyl (C=O) groups excluding carboxylic acids is 2. The number of thiophene rings is 1. The standard InChI is InChI=1S/C22H18O3S/c1-14(2)22(24)25-18-10-9-15(3)13-17(18)21(23)20-12-11-19(26-20)16-7-5-4-6-8-16/h4-13H,1H2,2-3H3. The van der Waals surface area contributed by atoms with Crippen LogP contribution in [0.1, 0.15) is 27.7 Å². The lowest BCUT2D eigenvalue weighted by atomic mass is 10.1. The van der Waals surface area contributed by atoms with Crippen molar-refractivity contribution >= 4 is 23.1 Å². The number of hydrogen-bond acceptors (Lipinski definition) is 4.